The van der Waals surface area contributed by atoms with E-state index in [2.05, 4.69) is 17.1 Å². The molecule has 0 spiro atoms. The van der Waals surface area contributed by atoms with E-state index in [4.69, 9.17) is 11.6 Å². The quantitative estimate of drug-likeness (QED) is 0.908. The third-order valence-electron chi connectivity index (χ3n) is 3.89. The van der Waals surface area contributed by atoms with Gasteiger partial charge in [0.05, 0.1) is 0 Å². The molecule has 0 atom stereocenters. The number of piperidine rings is 1. The largest absolute Gasteiger partial charge is 0.314 e. The van der Waals surface area contributed by atoms with Crippen LogP contribution in [0.5, 0.6) is 0 Å². The van der Waals surface area contributed by atoms with Gasteiger partial charge in [-0.3, -0.25) is 4.90 Å². The number of halogens is 2. The lowest BCUT2D eigenvalue weighted by Gasteiger charge is -2.39. The lowest BCUT2D eigenvalue weighted by atomic mass is 9.90. The van der Waals surface area contributed by atoms with Gasteiger partial charge in [-0.1, -0.05) is 11.6 Å². The lowest BCUT2D eigenvalue weighted by molar-refractivity contribution is 0.146. The molecule has 100 valence electrons. The summed E-state index contributed by atoms with van der Waals surface area (Å²) in [7, 11) is 2.02. The van der Waals surface area contributed by atoms with Gasteiger partial charge in [0, 0.05) is 30.2 Å². The Bertz CT molecular complexity index is 394. The number of rotatable bonds is 3. The van der Waals surface area contributed by atoms with Crippen molar-refractivity contribution in [1.29, 1.82) is 0 Å². The number of hydrogen-bond donors (Lipinski definition) is 1. The van der Waals surface area contributed by atoms with E-state index < -0.39 is 0 Å². The highest BCUT2D eigenvalue weighted by Gasteiger charge is 2.28. The van der Waals surface area contributed by atoms with E-state index in [0.717, 1.165) is 38.0 Å². The second kappa shape index (κ2) is 5.55. The SMILES string of the molecule is CNC1(C)CCN(Cc2cc(F)cc(Cl)c2)CC1. The minimum atomic E-state index is -0.255. The van der Waals surface area contributed by atoms with Crippen LogP contribution in [0.3, 0.4) is 0 Å². The molecule has 18 heavy (non-hydrogen) atoms. The van der Waals surface area contributed by atoms with Crippen LogP contribution in [0.2, 0.25) is 5.02 Å². The van der Waals surface area contributed by atoms with Gasteiger partial charge in [0.1, 0.15) is 5.82 Å². The topological polar surface area (TPSA) is 15.3 Å². The molecule has 1 aliphatic heterocycles. The second-order valence-electron chi connectivity index (χ2n) is 5.36. The first-order valence-electron chi connectivity index (χ1n) is 6.37. The summed E-state index contributed by atoms with van der Waals surface area (Å²) >= 11 is 5.87. The molecule has 0 amide bonds. The van der Waals surface area contributed by atoms with Crippen molar-refractivity contribution in [1.82, 2.24) is 10.2 Å². The Morgan fingerprint density at radius 3 is 2.56 bits per heavy atom. The first kappa shape index (κ1) is 13.8. The zero-order chi connectivity index (χ0) is 13.2. The van der Waals surface area contributed by atoms with Crippen molar-refractivity contribution in [3.05, 3.63) is 34.6 Å². The maximum absolute atomic E-state index is 13.2. The van der Waals surface area contributed by atoms with Crippen LogP contribution in [0.25, 0.3) is 0 Å². The van der Waals surface area contributed by atoms with Gasteiger partial charge in [0.25, 0.3) is 0 Å². The molecule has 1 heterocycles. The molecule has 4 heteroatoms. The fraction of sp³-hybridized carbons (Fsp3) is 0.571. The van der Waals surface area contributed by atoms with E-state index in [1.807, 2.05) is 13.1 Å². The molecule has 1 aromatic rings. The highest BCUT2D eigenvalue weighted by atomic mass is 35.5. The maximum Gasteiger partial charge on any atom is 0.125 e. The molecule has 0 aliphatic carbocycles. The average Bonchev–Trinajstić information content (AvgIpc) is 2.31. The van der Waals surface area contributed by atoms with Gasteiger partial charge in [-0.2, -0.15) is 0 Å². The smallest absolute Gasteiger partial charge is 0.125 e. The standard InChI is InChI=1S/C14H20ClFN2/c1-14(17-2)3-5-18(6-4-14)10-11-7-12(15)9-13(16)8-11/h7-9,17H,3-6,10H2,1-2H3. The molecule has 1 aliphatic rings. The Kier molecular flexibility index (Phi) is 4.25. The van der Waals surface area contributed by atoms with Crippen molar-refractivity contribution in [2.75, 3.05) is 20.1 Å². The summed E-state index contributed by atoms with van der Waals surface area (Å²) in [6.45, 7) is 5.09. The Labute approximate surface area is 113 Å². The van der Waals surface area contributed by atoms with Crippen LogP contribution >= 0.6 is 11.6 Å². The molecule has 0 radical (unpaired) electrons. The van der Waals surface area contributed by atoms with Crippen molar-refractivity contribution < 1.29 is 4.39 Å². The first-order chi connectivity index (χ1) is 8.50. The predicted molar refractivity (Wildman–Crippen MR) is 73.4 cm³/mol. The molecule has 0 saturated carbocycles. The second-order valence-corrected chi connectivity index (χ2v) is 5.80. The molecule has 0 aromatic heterocycles. The molecular formula is C14H20ClFN2. The van der Waals surface area contributed by atoms with Gasteiger partial charge < -0.3 is 5.32 Å². The fourth-order valence-electron chi connectivity index (χ4n) is 2.42. The van der Waals surface area contributed by atoms with Crippen molar-refractivity contribution in [3.63, 3.8) is 0 Å². The van der Waals surface area contributed by atoms with Gasteiger partial charge in [-0.15, -0.1) is 0 Å². The van der Waals surface area contributed by atoms with E-state index >= 15 is 0 Å². The van der Waals surface area contributed by atoms with Gasteiger partial charge in [-0.05, 0) is 50.6 Å². The zero-order valence-electron chi connectivity index (χ0n) is 11.0. The molecule has 0 unspecified atom stereocenters. The average molecular weight is 271 g/mol. The van der Waals surface area contributed by atoms with E-state index in [9.17, 15) is 4.39 Å². The molecule has 2 rings (SSSR count). The Balaban J connectivity index is 1.95. The highest BCUT2D eigenvalue weighted by Crippen LogP contribution is 2.23. The zero-order valence-corrected chi connectivity index (χ0v) is 11.7. The molecule has 1 N–H and O–H groups in total. The van der Waals surface area contributed by atoms with Crippen LogP contribution in [0.15, 0.2) is 18.2 Å². The van der Waals surface area contributed by atoms with E-state index in [0.29, 0.717) is 5.02 Å². The minimum Gasteiger partial charge on any atom is -0.314 e. The van der Waals surface area contributed by atoms with E-state index in [-0.39, 0.29) is 11.4 Å². The highest BCUT2D eigenvalue weighted by molar-refractivity contribution is 6.30. The Hall–Kier alpha value is -0.640. The Morgan fingerprint density at radius 1 is 1.33 bits per heavy atom. The van der Waals surface area contributed by atoms with Crippen molar-refractivity contribution >= 4 is 11.6 Å². The summed E-state index contributed by atoms with van der Waals surface area (Å²) in [6, 6.07) is 4.76. The predicted octanol–water partition coefficient (Wildman–Crippen LogP) is 3.05. The summed E-state index contributed by atoms with van der Waals surface area (Å²) in [4.78, 5) is 2.35. The summed E-state index contributed by atoms with van der Waals surface area (Å²) in [5, 5.41) is 3.85. The normalized spacial score (nSPS) is 20.0. The lowest BCUT2D eigenvalue weighted by Crippen LogP contribution is -2.49. The first-order valence-corrected chi connectivity index (χ1v) is 6.75. The third-order valence-corrected chi connectivity index (χ3v) is 4.11. The van der Waals surface area contributed by atoms with Gasteiger partial charge >= 0.3 is 0 Å². The van der Waals surface area contributed by atoms with Crippen LogP contribution in [0, 0.1) is 5.82 Å². The minimum absolute atomic E-state index is 0.246. The van der Waals surface area contributed by atoms with Crippen molar-refractivity contribution in [2.24, 2.45) is 0 Å². The summed E-state index contributed by atoms with van der Waals surface area (Å²) in [5.74, 6) is -0.255. The fourth-order valence-corrected chi connectivity index (χ4v) is 2.66. The van der Waals surface area contributed by atoms with Gasteiger partial charge in [0.2, 0.25) is 0 Å². The number of nitrogens with zero attached hydrogens (tertiary/aromatic N) is 1. The molecule has 2 nitrogen and oxygen atoms in total. The third kappa shape index (κ3) is 3.44. The summed E-state index contributed by atoms with van der Waals surface area (Å²) < 4.78 is 13.2. The number of likely N-dealkylation sites (tertiary alicyclic amines) is 1. The van der Waals surface area contributed by atoms with Gasteiger partial charge in [-0.25, -0.2) is 4.39 Å². The number of benzene rings is 1. The van der Waals surface area contributed by atoms with Crippen molar-refractivity contribution in [2.45, 2.75) is 31.8 Å². The molecule has 1 saturated heterocycles. The molecule has 0 bridgehead atoms. The molecule has 1 fully saturated rings. The maximum atomic E-state index is 13.2. The van der Waals surface area contributed by atoms with E-state index in [1.54, 1.807) is 6.07 Å². The van der Waals surface area contributed by atoms with Crippen molar-refractivity contribution in [3.8, 4) is 0 Å². The van der Waals surface area contributed by atoms with Crippen LogP contribution in [-0.2, 0) is 6.54 Å². The Morgan fingerprint density at radius 2 is 2.00 bits per heavy atom. The monoisotopic (exact) mass is 270 g/mol. The van der Waals surface area contributed by atoms with Gasteiger partial charge in [0.15, 0.2) is 0 Å². The number of hydrogen-bond acceptors (Lipinski definition) is 2. The summed E-state index contributed by atoms with van der Waals surface area (Å²) in [6.07, 6.45) is 2.24. The van der Waals surface area contributed by atoms with Crippen LogP contribution in [0.1, 0.15) is 25.3 Å². The summed E-state index contributed by atoms with van der Waals surface area (Å²) in [5.41, 5.74) is 1.20. The molecule has 1 aromatic carbocycles. The number of nitrogens with one attached hydrogen (secondary N) is 1. The van der Waals surface area contributed by atoms with Crippen LogP contribution < -0.4 is 5.32 Å². The van der Waals surface area contributed by atoms with Crippen LogP contribution in [0.4, 0.5) is 4.39 Å². The molecular weight excluding hydrogens is 251 g/mol. The van der Waals surface area contributed by atoms with E-state index in [1.165, 1.54) is 6.07 Å². The van der Waals surface area contributed by atoms with Crippen LogP contribution in [-0.4, -0.2) is 30.6 Å².